The zero-order valence-electron chi connectivity index (χ0n) is 10.9. The number of nitrogens with one attached hydrogen (secondary N) is 1. The first-order chi connectivity index (χ1) is 9.52. The number of amides is 1. The smallest absolute Gasteiger partial charge is 0.338 e. The van der Waals surface area contributed by atoms with Crippen LogP contribution < -0.4 is 5.32 Å². The van der Waals surface area contributed by atoms with Crippen molar-refractivity contribution < 1.29 is 29.0 Å². The van der Waals surface area contributed by atoms with Gasteiger partial charge in [-0.3, -0.25) is 4.79 Å². The molecule has 0 aliphatic carbocycles. The molecule has 1 aromatic carbocycles. The van der Waals surface area contributed by atoms with Gasteiger partial charge in [-0.05, 0) is 31.2 Å². The van der Waals surface area contributed by atoms with Gasteiger partial charge in [0.25, 0.3) is 0 Å². The lowest BCUT2D eigenvalue weighted by Crippen LogP contribution is -2.20. The Labute approximate surface area is 115 Å². The van der Waals surface area contributed by atoms with E-state index in [0.717, 1.165) is 0 Å². The molecule has 7 nitrogen and oxygen atoms in total. The number of carboxylic acids is 1. The summed E-state index contributed by atoms with van der Waals surface area (Å²) in [5.41, 5.74) is 0.856. The number of carbonyl (C=O) groups excluding carboxylic acids is 2. The monoisotopic (exact) mass is 281 g/mol. The molecule has 0 aliphatic heterocycles. The van der Waals surface area contributed by atoms with E-state index in [2.05, 4.69) is 10.1 Å². The Bertz CT molecular complexity index is 482. The van der Waals surface area contributed by atoms with E-state index < -0.39 is 24.5 Å². The molecule has 0 spiro atoms. The Balaban J connectivity index is 2.46. The van der Waals surface area contributed by atoms with E-state index in [9.17, 15) is 14.4 Å². The number of anilines is 1. The fourth-order valence-corrected chi connectivity index (χ4v) is 1.33. The molecule has 2 N–H and O–H groups in total. The van der Waals surface area contributed by atoms with E-state index in [1.807, 2.05) is 0 Å². The van der Waals surface area contributed by atoms with Crippen molar-refractivity contribution in [2.45, 2.75) is 6.92 Å². The van der Waals surface area contributed by atoms with Crippen LogP contribution >= 0.6 is 0 Å². The van der Waals surface area contributed by atoms with Crippen molar-refractivity contribution in [3.63, 3.8) is 0 Å². The number of rotatable bonds is 7. The Morgan fingerprint density at radius 3 is 2.35 bits per heavy atom. The highest BCUT2D eigenvalue weighted by atomic mass is 16.5. The van der Waals surface area contributed by atoms with Crippen molar-refractivity contribution in [2.75, 3.05) is 25.1 Å². The van der Waals surface area contributed by atoms with Gasteiger partial charge in [0.1, 0.15) is 13.2 Å². The molecule has 1 rings (SSSR count). The van der Waals surface area contributed by atoms with E-state index >= 15 is 0 Å². The van der Waals surface area contributed by atoms with E-state index in [-0.39, 0.29) is 13.2 Å². The van der Waals surface area contributed by atoms with E-state index in [4.69, 9.17) is 9.84 Å². The van der Waals surface area contributed by atoms with Crippen LogP contribution in [0.1, 0.15) is 17.3 Å². The summed E-state index contributed by atoms with van der Waals surface area (Å²) in [5.74, 6) is -2.05. The number of carbonyl (C=O) groups is 3. The number of hydrogen-bond donors (Lipinski definition) is 2. The minimum atomic E-state index is -1.14. The van der Waals surface area contributed by atoms with E-state index in [1.165, 1.54) is 12.1 Å². The first-order valence-electron chi connectivity index (χ1n) is 5.89. The molecule has 0 unspecified atom stereocenters. The molecule has 0 atom stereocenters. The largest absolute Gasteiger partial charge is 0.480 e. The van der Waals surface area contributed by atoms with Crippen molar-refractivity contribution in [1.82, 2.24) is 0 Å². The van der Waals surface area contributed by atoms with Crippen LogP contribution in [-0.4, -0.2) is 42.8 Å². The summed E-state index contributed by atoms with van der Waals surface area (Å²) in [6, 6.07) is 6.13. The molecule has 20 heavy (non-hydrogen) atoms. The Morgan fingerprint density at radius 2 is 1.80 bits per heavy atom. The molecule has 0 fully saturated rings. The van der Waals surface area contributed by atoms with Gasteiger partial charge in [0, 0.05) is 5.69 Å². The zero-order chi connectivity index (χ0) is 15.0. The van der Waals surface area contributed by atoms with Gasteiger partial charge in [-0.2, -0.15) is 0 Å². The molecule has 0 aromatic heterocycles. The number of benzene rings is 1. The number of ether oxygens (including phenoxy) is 2. The summed E-state index contributed by atoms with van der Waals surface area (Å²) in [5, 5.41) is 10.8. The fourth-order valence-electron chi connectivity index (χ4n) is 1.33. The van der Waals surface area contributed by atoms with Gasteiger partial charge in [0.2, 0.25) is 5.91 Å². The van der Waals surface area contributed by atoms with Gasteiger partial charge in [-0.25, -0.2) is 9.59 Å². The molecule has 0 heterocycles. The normalized spacial score (nSPS) is 9.85. The van der Waals surface area contributed by atoms with Crippen molar-refractivity contribution >= 4 is 23.5 Å². The highest BCUT2D eigenvalue weighted by molar-refractivity contribution is 5.93. The van der Waals surface area contributed by atoms with Gasteiger partial charge in [-0.1, -0.05) is 0 Å². The molecule has 0 saturated carbocycles. The number of carboxylic acid groups (broad SMARTS) is 1. The second kappa shape index (κ2) is 7.90. The predicted octanol–water partition coefficient (Wildman–Crippen LogP) is 0.903. The molecule has 108 valence electrons. The molecule has 1 aromatic rings. The van der Waals surface area contributed by atoms with Gasteiger partial charge in [-0.15, -0.1) is 0 Å². The van der Waals surface area contributed by atoms with Crippen LogP contribution in [0.4, 0.5) is 5.69 Å². The van der Waals surface area contributed by atoms with Crippen LogP contribution in [0.3, 0.4) is 0 Å². The SMILES string of the molecule is CCOC(=O)c1ccc(NC(=O)COCC(=O)O)cc1. The van der Waals surface area contributed by atoms with Crippen molar-refractivity contribution in [1.29, 1.82) is 0 Å². The summed E-state index contributed by atoms with van der Waals surface area (Å²) in [6.45, 7) is 1.11. The minimum absolute atomic E-state index is 0.290. The third kappa shape index (κ3) is 5.49. The average Bonchev–Trinajstić information content (AvgIpc) is 2.39. The van der Waals surface area contributed by atoms with Crippen molar-refractivity contribution in [3.8, 4) is 0 Å². The molecule has 0 saturated heterocycles. The predicted molar refractivity (Wildman–Crippen MR) is 69.5 cm³/mol. The summed E-state index contributed by atoms with van der Waals surface area (Å²) < 4.78 is 9.46. The average molecular weight is 281 g/mol. The Hall–Kier alpha value is -2.41. The van der Waals surface area contributed by atoms with Gasteiger partial charge in [0.05, 0.1) is 12.2 Å². The molecule has 0 bridgehead atoms. The zero-order valence-corrected chi connectivity index (χ0v) is 10.9. The van der Waals surface area contributed by atoms with Crippen LogP contribution in [0.5, 0.6) is 0 Å². The highest BCUT2D eigenvalue weighted by Crippen LogP contribution is 2.10. The van der Waals surface area contributed by atoms with Crippen LogP contribution in [-0.2, 0) is 19.1 Å². The fraction of sp³-hybridized carbons (Fsp3) is 0.308. The number of esters is 1. The summed E-state index contributed by atoms with van der Waals surface area (Å²) >= 11 is 0. The Kier molecular flexibility index (Phi) is 6.18. The maximum Gasteiger partial charge on any atom is 0.338 e. The second-order valence-electron chi connectivity index (χ2n) is 3.73. The third-order valence-electron chi connectivity index (χ3n) is 2.14. The van der Waals surface area contributed by atoms with Gasteiger partial charge < -0.3 is 19.9 Å². The lowest BCUT2D eigenvalue weighted by molar-refractivity contribution is -0.143. The third-order valence-corrected chi connectivity index (χ3v) is 2.14. The minimum Gasteiger partial charge on any atom is -0.480 e. The molecule has 0 aliphatic rings. The molecule has 0 radical (unpaired) electrons. The molecular weight excluding hydrogens is 266 g/mol. The lowest BCUT2D eigenvalue weighted by atomic mass is 10.2. The quantitative estimate of drug-likeness (QED) is 0.720. The number of aliphatic carboxylic acids is 1. The van der Waals surface area contributed by atoms with Crippen LogP contribution in [0, 0.1) is 0 Å². The molecule has 7 heteroatoms. The summed E-state index contributed by atoms with van der Waals surface area (Å²) in [6.07, 6.45) is 0. The maximum absolute atomic E-state index is 11.4. The molecular formula is C13H15NO6. The second-order valence-corrected chi connectivity index (χ2v) is 3.73. The van der Waals surface area contributed by atoms with Crippen LogP contribution in [0.15, 0.2) is 24.3 Å². The van der Waals surface area contributed by atoms with Gasteiger partial charge >= 0.3 is 11.9 Å². The first-order valence-corrected chi connectivity index (χ1v) is 5.89. The maximum atomic E-state index is 11.4. The number of hydrogen-bond acceptors (Lipinski definition) is 5. The van der Waals surface area contributed by atoms with E-state index in [1.54, 1.807) is 19.1 Å². The van der Waals surface area contributed by atoms with Gasteiger partial charge in [0.15, 0.2) is 0 Å². The summed E-state index contributed by atoms with van der Waals surface area (Å²) in [7, 11) is 0. The Morgan fingerprint density at radius 1 is 1.15 bits per heavy atom. The lowest BCUT2D eigenvalue weighted by Gasteiger charge is -2.06. The van der Waals surface area contributed by atoms with Crippen LogP contribution in [0.2, 0.25) is 0 Å². The standard InChI is InChI=1S/C13H15NO6/c1-2-20-13(18)9-3-5-10(6-4-9)14-11(15)7-19-8-12(16)17/h3-6H,2,7-8H2,1H3,(H,14,15)(H,16,17). The van der Waals surface area contributed by atoms with E-state index in [0.29, 0.717) is 11.3 Å². The topological polar surface area (TPSA) is 102 Å². The van der Waals surface area contributed by atoms with Crippen molar-refractivity contribution in [2.24, 2.45) is 0 Å². The summed E-state index contributed by atoms with van der Waals surface area (Å²) in [4.78, 5) is 33.0. The highest BCUT2D eigenvalue weighted by Gasteiger charge is 2.07. The van der Waals surface area contributed by atoms with Crippen LogP contribution in [0.25, 0.3) is 0 Å². The first kappa shape index (κ1) is 15.6. The van der Waals surface area contributed by atoms with Crippen molar-refractivity contribution in [3.05, 3.63) is 29.8 Å². The molecule has 1 amide bonds.